The molecule has 0 aliphatic rings. The van der Waals surface area contributed by atoms with Crippen LogP contribution in [0.3, 0.4) is 0 Å². The number of aryl methyl sites for hydroxylation is 1. The van der Waals surface area contributed by atoms with Crippen molar-refractivity contribution in [1.82, 2.24) is 9.97 Å². The fraction of sp³-hybridized carbons (Fsp3) is 0.167. The molecule has 88 valence electrons. The molecule has 1 N–H and O–H groups in total. The molecule has 2 aromatic rings. The van der Waals surface area contributed by atoms with E-state index in [1.54, 1.807) is 7.11 Å². The third-order valence-corrected chi connectivity index (χ3v) is 2.95. The lowest BCUT2D eigenvalue weighted by atomic mass is 10.1. The summed E-state index contributed by atoms with van der Waals surface area (Å²) in [6.45, 7) is 1.82. The van der Waals surface area contributed by atoms with Crippen molar-refractivity contribution in [2.75, 3.05) is 7.11 Å². The van der Waals surface area contributed by atoms with Crippen LogP contribution in [-0.2, 0) is 0 Å². The van der Waals surface area contributed by atoms with Crippen molar-refractivity contribution in [1.29, 1.82) is 0 Å². The smallest absolute Gasteiger partial charge is 0.345 e. The van der Waals surface area contributed by atoms with Gasteiger partial charge in [0.15, 0.2) is 0 Å². The minimum absolute atomic E-state index is 0.341. The molecule has 0 fully saturated rings. The summed E-state index contributed by atoms with van der Waals surface area (Å²) in [7, 11) is 1.61. The quantitative estimate of drug-likeness (QED) is 0.926. The zero-order valence-corrected chi connectivity index (χ0v) is 11.0. The van der Waals surface area contributed by atoms with E-state index in [0.717, 1.165) is 21.5 Å². The van der Waals surface area contributed by atoms with Gasteiger partial charge in [0.05, 0.1) is 17.3 Å². The molecule has 0 saturated carbocycles. The molecule has 17 heavy (non-hydrogen) atoms. The number of hydrogen-bond donors (Lipinski definition) is 1. The van der Waals surface area contributed by atoms with E-state index < -0.39 is 0 Å². The lowest BCUT2D eigenvalue weighted by Crippen LogP contribution is -2.11. The monoisotopic (exact) mass is 294 g/mol. The molecule has 0 saturated heterocycles. The van der Waals surface area contributed by atoms with Crippen LogP contribution < -0.4 is 10.4 Å². The van der Waals surface area contributed by atoms with Crippen LogP contribution >= 0.6 is 15.9 Å². The lowest BCUT2D eigenvalue weighted by molar-refractivity contribution is 0.412. The summed E-state index contributed by atoms with van der Waals surface area (Å²) < 4.78 is 5.98. The molecular weight excluding hydrogens is 284 g/mol. The summed E-state index contributed by atoms with van der Waals surface area (Å²) in [5.41, 5.74) is 1.96. The Morgan fingerprint density at radius 3 is 2.71 bits per heavy atom. The Morgan fingerprint density at radius 1 is 1.35 bits per heavy atom. The standard InChI is InChI=1S/C12H11BrN2O2/c1-7-5-10(15-12(16)14-7)8-3-4-11(17-2)9(13)6-8/h3-6H,1-2H3,(H,14,15,16). The molecule has 0 aliphatic carbocycles. The van der Waals surface area contributed by atoms with Crippen LogP contribution in [0.25, 0.3) is 11.3 Å². The molecular formula is C12H11BrN2O2. The zero-order chi connectivity index (χ0) is 12.4. The van der Waals surface area contributed by atoms with E-state index in [9.17, 15) is 4.79 Å². The number of halogens is 1. The summed E-state index contributed by atoms with van der Waals surface area (Å²) in [5, 5.41) is 0. The second-order valence-corrected chi connectivity index (χ2v) is 4.46. The first kappa shape index (κ1) is 11.9. The van der Waals surface area contributed by atoms with Gasteiger partial charge in [-0.15, -0.1) is 0 Å². The first-order chi connectivity index (χ1) is 8.10. The molecule has 0 radical (unpaired) electrons. The van der Waals surface area contributed by atoms with Crippen LogP contribution in [0.5, 0.6) is 5.75 Å². The van der Waals surface area contributed by atoms with E-state index in [1.165, 1.54) is 0 Å². The summed E-state index contributed by atoms with van der Waals surface area (Å²) in [5.74, 6) is 0.746. The number of aromatic amines is 1. The van der Waals surface area contributed by atoms with Crippen LogP contribution in [0.4, 0.5) is 0 Å². The minimum Gasteiger partial charge on any atom is -0.496 e. The third kappa shape index (κ3) is 2.55. The first-order valence-corrected chi connectivity index (χ1v) is 5.81. The average Bonchev–Trinajstić information content (AvgIpc) is 2.27. The van der Waals surface area contributed by atoms with Gasteiger partial charge in [0, 0.05) is 11.3 Å². The molecule has 1 heterocycles. The maximum atomic E-state index is 11.3. The largest absolute Gasteiger partial charge is 0.496 e. The Bertz CT molecular complexity index is 608. The predicted molar refractivity (Wildman–Crippen MR) is 69.3 cm³/mol. The second kappa shape index (κ2) is 4.71. The Balaban J connectivity index is 2.53. The van der Waals surface area contributed by atoms with E-state index in [1.807, 2.05) is 31.2 Å². The van der Waals surface area contributed by atoms with Gasteiger partial charge in [-0.2, -0.15) is 4.98 Å². The molecule has 0 unspecified atom stereocenters. The van der Waals surface area contributed by atoms with Crippen molar-refractivity contribution in [3.05, 3.63) is 44.9 Å². The third-order valence-electron chi connectivity index (χ3n) is 2.33. The van der Waals surface area contributed by atoms with Gasteiger partial charge in [-0.05, 0) is 47.1 Å². The topological polar surface area (TPSA) is 55.0 Å². The Morgan fingerprint density at radius 2 is 2.12 bits per heavy atom. The number of benzene rings is 1. The fourth-order valence-corrected chi connectivity index (χ4v) is 2.09. The van der Waals surface area contributed by atoms with Crippen LogP contribution in [-0.4, -0.2) is 17.1 Å². The average molecular weight is 295 g/mol. The van der Waals surface area contributed by atoms with Crippen molar-refractivity contribution in [3.63, 3.8) is 0 Å². The van der Waals surface area contributed by atoms with Crippen LogP contribution in [0.2, 0.25) is 0 Å². The molecule has 5 heteroatoms. The number of nitrogens with one attached hydrogen (secondary N) is 1. The highest BCUT2D eigenvalue weighted by Gasteiger charge is 2.05. The van der Waals surface area contributed by atoms with E-state index >= 15 is 0 Å². The highest BCUT2D eigenvalue weighted by atomic mass is 79.9. The second-order valence-electron chi connectivity index (χ2n) is 3.60. The molecule has 0 amide bonds. The summed E-state index contributed by atoms with van der Waals surface area (Å²) in [4.78, 5) is 17.8. The van der Waals surface area contributed by atoms with Gasteiger partial charge in [-0.25, -0.2) is 4.79 Å². The molecule has 0 aliphatic heterocycles. The Labute approximate surface area is 107 Å². The number of methoxy groups -OCH3 is 1. The molecule has 4 nitrogen and oxygen atoms in total. The Kier molecular flexibility index (Phi) is 3.28. The molecule has 0 bridgehead atoms. The van der Waals surface area contributed by atoms with Crippen molar-refractivity contribution in [2.45, 2.75) is 6.92 Å². The zero-order valence-electron chi connectivity index (χ0n) is 9.45. The van der Waals surface area contributed by atoms with Gasteiger partial charge in [0.1, 0.15) is 5.75 Å². The van der Waals surface area contributed by atoms with E-state index in [0.29, 0.717) is 5.69 Å². The number of aromatic nitrogens is 2. The Hall–Kier alpha value is -1.62. The van der Waals surface area contributed by atoms with Crippen LogP contribution in [0.15, 0.2) is 33.5 Å². The van der Waals surface area contributed by atoms with Crippen molar-refractivity contribution in [3.8, 4) is 17.0 Å². The maximum Gasteiger partial charge on any atom is 0.345 e. The highest BCUT2D eigenvalue weighted by Crippen LogP contribution is 2.29. The minimum atomic E-state index is -0.341. The number of rotatable bonds is 2. The molecule has 0 atom stereocenters. The molecule has 2 rings (SSSR count). The SMILES string of the molecule is COc1ccc(-c2cc(C)[nH]c(=O)n2)cc1Br. The lowest BCUT2D eigenvalue weighted by Gasteiger charge is -2.06. The number of H-pyrrole nitrogens is 1. The molecule has 1 aromatic heterocycles. The van der Waals surface area contributed by atoms with Gasteiger partial charge in [-0.1, -0.05) is 0 Å². The molecule has 1 aromatic carbocycles. The maximum absolute atomic E-state index is 11.3. The van der Waals surface area contributed by atoms with Gasteiger partial charge in [0.2, 0.25) is 0 Å². The van der Waals surface area contributed by atoms with E-state index in [-0.39, 0.29) is 5.69 Å². The first-order valence-electron chi connectivity index (χ1n) is 5.02. The number of hydrogen-bond acceptors (Lipinski definition) is 3. The van der Waals surface area contributed by atoms with Crippen molar-refractivity contribution in [2.24, 2.45) is 0 Å². The van der Waals surface area contributed by atoms with E-state index in [2.05, 4.69) is 25.9 Å². The van der Waals surface area contributed by atoms with Crippen molar-refractivity contribution >= 4 is 15.9 Å². The summed E-state index contributed by atoms with van der Waals surface area (Å²) in [6.07, 6.45) is 0. The van der Waals surface area contributed by atoms with Crippen LogP contribution in [0.1, 0.15) is 5.69 Å². The predicted octanol–water partition coefficient (Wildman–Crippen LogP) is 2.52. The number of nitrogens with zero attached hydrogens (tertiary/aromatic N) is 1. The van der Waals surface area contributed by atoms with Crippen molar-refractivity contribution < 1.29 is 4.74 Å². The van der Waals surface area contributed by atoms with Gasteiger partial charge in [0.25, 0.3) is 0 Å². The van der Waals surface area contributed by atoms with E-state index in [4.69, 9.17) is 4.74 Å². The summed E-state index contributed by atoms with van der Waals surface area (Å²) >= 11 is 3.40. The summed E-state index contributed by atoms with van der Waals surface area (Å²) in [6, 6.07) is 7.40. The highest BCUT2D eigenvalue weighted by molar-refractivity contribution is 9.10. The fourth-order valence-electron chi connectivity index (χ4n) is 1.55. The van der Waals surface area contributed by atoms with Gasteiger partial charge in [-0.3, -0.25) is 0 Å². The number of ether oxygens (including phenoxy) is 1. The van der Waals surface area contributed by atoms with Gasteiger partial charge >= 0.3 is 5.69 Å². The van der Waals surface area contributed by atoms with Gasteiger partial charge < -0.3 is 9.72 Å². The normalized spacial score (nSPS) is 10.3. The van der Waals surface area contributed by atoms with Crippen LogP contribution in [0, 0.1) is 6.92 Å². The molecule has 0 spiro atoms.